The molecule has 0 amide bonds. The zero-order chi connectivity index (χ0) is 26.3. The summed E-state index contributed by atoms with van der Waals surface area (Å²) < 4.78 is 48.9. The number of hydrogen-bond donors (Lipinski definition) is 2. The van der Waals surface area contributed by atoms with E-state index in [4.69, 9.17) is 4.74 Å². The molecule has 194 valence electrons. The lowest BCUT2D eigenvalue weighted by molar-refractivity contribution is 0.204. The van der Waals surface area contributed by atoms with E-state index in [0.717, 1.165) is 16.8 Å². The van der Waals surface area contributed by atoms with Crippen molar-refractivity contribution in [1.82, 2.24) is 24.5 Å². The highest BCUT2D eigenvalue weighted by molar-refractivity contribution is 7.89. The molecule has 4 aromatic rings. The number of rotatable bonds is 12. The van der Waals surface area contributed by atoms with Crippen molar-refractivity contribution < 1.29 is 17.5 Å². The molecular weight excluding hydrogens is 497 g/mol. The first-order valence-electron chi connectivity index (χ1n) is 11.5. The Balaban J connectivity index is 1.37. The molecule has 0 spiro atoms. The molecule has 0 radical (unpaired) electrons. The summed E-state index contributed by atoms with van der Waals surface area (Å²) >= 11 is 0. The van der Waals surface area contributed by atoms with E-state index < -0.39 is 15.8 Å². The number of anilines is 2. The molecule has 37 heavy (non-hydrogen) atoms. The average molecular weight is 526 g/mol. The molecule has 2 N–H and O–H groups in total. The fourth-order valence-electron chi connectivity index (χ4n) is 3.61. The summed E-state index contributed by atoms with van der Waals surface area (Å²) in [4.78, 5) is 10.0. The number of ether oxygens (including phenoxy) is 1. The molecule has 12 heteroatoms. The highest BCUT2D eigenvalue weighted by Gasteiger charge is 2.16. The molecule has 0 aliphatic carbocycles. The van der Waals surface area contributed by atoms with Gasteiger partial charge in [-0.3, -0.25) is 0 Å². The van der Waals surface area contributed by atoms with Crippen LogP contribution in [0.15, 0.2) is 78.2 Å². The topological polar surface area (TPSA) is 114 Å². The van der Waals surface area contributed by atoms with Crippen molar-refractivity contribution in [3.63, 3.8) is 0 Å². The third-order valence-electron chi connectivity index (χ3n) is 5.55. The van der Waals surface area contributed by atoms with E-state index in [1.54, 1.807) is 35.0 Å². The quantitative estimate of drug-likeness (QED) is 0.272. The number of halogens is 1. The van der Waals surface area contributed by atoms with Gasteiger partial charge in [-0.2, -0.15) is 9.49 Å². The third-order valence-corrected chi connectivity index (χ3v) is 7.03. The van der Waals surface area contributed by atoms with Gasteiger partial charge in [0.1, 0.15) is 6.33 Å². The fourth-order valence-corrected chi connectivity index (χ4v) is 4.62. The van der Waals surface area contributed by atoms with Crippen molar-refractivity contribution in [3.05, 3.63) is 90.3 Å². The van der Waals surface area contributed by atoms with Gasteiger partial charge in [0.05, 0.1) is 17.2 Å². The summed E-state index contributed by atoms with van der Waals surface area (Å²) in [7, 11) is -0.359. The van der Waals surface area contributed by atoms with Crippen molar-refractivity contribution in [1.29, 1.82) is 0 Å². The Hall–Kier alpha value is -3.87. The lowest BCUT2D eigenvalue weighted by Gasteiger charge is -2.20. The highest BCUT2D eigenvalue weighted by atomic mass is 32.2. The largest absolute Gasteiger partial charge is 0.383 e. The second kappa shape index (κ2) is 11.9. The van der Waals surface area contributed by atoms with Gasteiger partial charge in [-0.25, -0.2) is 27.8 Å². The smallest absolute Gasteiger partial charge is 0.240 e. The zero-order valence-electron chi connectivity index (χ0n) is 20.5. The second-order valence-electron chi connectivity index (χ2n) is 8.22. The molecule has 0 saturated carbocycles. The Morgan fingerprint density at radius 2 is 1.78 bits per heavy atom. The molecule has 4 rings (SSSR count). The Morgan fingerprint density at radius 1 is 1.05 bits per heavy atom. The first kappa shape index (κ1) is 26.2. The molecule has 2 heterocycles. The molecule has 0 aliphatic rings. The van der Waals surface area contributed by atoms with Crippen LogP contribution in [0.5, 0.6) is 0 Å². The summed E-state index contributed by atoms with van der Waals surface area (Å²) in [6.45, 7) is 1.16. The van der Waals surface area contributed by atoms with Gasteiger partial charge < -0.3 is 15.0 Å². The van der Waals surface area contributed by atoms with E-state index in [1.165, 1.54) is 25.6 Å². The Bertz CT molecular complexity index is 1400. The summed E-state index contributed by atoms with van der Waals surface area (Å²) in [5.74, 6) is -0.347. The summed E-state index contributed by atoms with van der Waals surface area (Å²) in [5, 5.41) is 7.18. The predicted octanol–water partition coefficient (Wildman–Crippen LogP) is 2.97. The molecule has 0 saturated heterocycles. The molecular formula is C25H28FN7O3S. The van der Waals surface area contributed by atoms with E-state index in [0.29, 0.717) is 6.54 Å². The molecule has 2 aromatic heterocycles. The predicted molar refractivity (Wildman–Crippen MR) is 138 cm³/mol. The van der Waals surface area contributed by atoms with E-state index in [1.807, 2.05) is 36.5 Å². The number of sulfonamides is 1. The van der Waals surface area contributed by atoms with Crippen molar-refractivity contribution in [2.45, 2.75) is 18.0 Å². The maximum absolute atomic E-state index is 15.2. The Morgan fingerprint density at radius 3 is 2.46 bits per heavy atom. The molecule has 0 atom stereocenters. The van der Waals surface area contributed by atoms with E-state index in [9.17, 15) is 8.42 Å². The van der Waals surface area contributed by atoms with Gasteiger partial charge in [-0.05, 0) is 41.5 Å². The zero-order valence-corrected chi connectivity index (χ0v) is 21.3. The number of nitrogens with one attached hydrogen (secondary N) is 2. The summed E-state index contributed by atoms with van der Waals surface area (Å²) in [5.41, 5.74) is 2.68. The lowest BCUT2D eigenvalue weighted by Crippen LogP contribution is -2.27. The molecule has 10 nitrogen and oxygen atoms in total. The van der Waals surface area contributed by atoms with Gasteiger partial charge in [0.25, 0.3) is 0 Å². The molecule has 0 bridgehead atoms. The number of hydrogen-bond acceptors (Lipinski definition) is 8. The van der Waals surface area contributed by atoms with Crippen LogP contribution in [0.2, 0.25) is 0 Å². The van der Waals surface area contributed by atoms with Gasteiger partial charge >= 0.3 is 0 Å². The maximum atomic E-state index is 15.2. The Labute approximate surface area is 215 Å². The van der Waals surface area contributed by atoms with Crippen molar-refractivity contribution in [2.24, 2.45) is 0 Å². The standard InChI is InChI=1S/C25H28FN7O3S/c1-32(17-20-4-8-21(9-5-20)33-14-3-12-30-33)25-23(26)24(28-18-29-25)27-16-19-6-10-22(11-7-19)37(34,35)31-13-15-36-2/h3-12,14,18,31H,13,15-17H2,1-2H3,(H,27,28,29). The minimum absolute atomic E-state index is 0.0591. The molecule has 0 aliphatic heterocycles. The highest BCUT2D eigenvalue weighted by Crippen LogP contribution is 2.23. The molecule has 0 fully saturated rings. The Kier molecular flexibility index (Phi) is 8.43. The summed E-state index contributed by atoms with van der Waals surface area (Å²) in [6.07, 6.45) is 4.89. The first-order chi connectivity index (χ1) is 17.9. The minimum Gasteiger partial charge on any atom is -0.383 e. The van der Waals surface area contributed by atoms with Crippen LogP contribution >= 0.6 is 0 Å². The van der Waals surface area contributed by atoms with Crippen molar-refractivity contribution >= 4 is 21.7 Å². The van der Waals surface area contributed by atoms with E-state index >= 15 is 4.39 Å². The fraction of sp³-hybridized carbons (Fsp3) is 0.240. The van der Waals surface area contributed by atoms with Gasteiger partial charge in [-0.1, -0.05) is 24.3 Å². The van der Waals surface area contributed by atoms with Gasteiger partial charge in [-0.15, -0.1) is 0 Å². The van der Waals surface area contributed by atoms with Crippen LogP contribution in [0.25, 0.3) is 5.69 Å². The summed E-state index contributed by atoms with van der Waals surface area (Å²) in [6, 6.07) is 16.0. The van der Waals surface area contributed by atoms with Crippen molar-refractivity contribution in [2.75, 3.05) is 37.5 Å². The number of nitrogens with zero attached hydrogens (tertiary/aromatic N) is 5. The number of benzene rings is 2. The van der Waals surface area contributed by atoms with Crippen LogP contribution < -0.4 is 14.9 Å². The van der Waals surface area contributed by atoms with E-state index in [-0.39, 0.29) is 36.2 Å². The normalized spacial score (nSPS) is 11.4. The molecule has 2 aromatic carbocycles. The minimum atomic E-state index is -3.62. The van der Waals surface area contributed by atoms with Crippen LogP contribution in [-0.4, -0.2) is 55.5 Å². The molecule has 0 unspecified atom stereocenters. The van der Waals surface area contributed by atoms with Crippen LogP contribution in [0, 0.1) is 5.82 Å². The number of aromatic nitrogens is 4. The average Bonchev–Trinajstić information content (AvgIpc) is 3.44. The van der Waals surface area contributed by atoms with Crippen LogP contribution in [-0.2, 0) is 27.8 Å². The number of methoxy groups -OCH3 is 1. The van der Waals surface area contributed by atoms with Crippen LogP contribution in [0.3, 0.4) is 0 Å². The van der Waals surface area contributed by atoms with E-state index in [2.05, 4.69) is 25.1 Å². The first-order valence-corrected chi connectivity index (χ1v) is 13.0. The maximum Gasteiger partial charge on any atom is 0.240 e. The van der Waals surface area contributed by atoms with Crippen LogP contribution in [0.4, 0.5) is 16.0 Å². The van der Waals surface area contributed by atoms with Gasteiger partial charge in [0, 0.05) is 46.2 Å². The lowest BCUT2D eigenvalue weighted by atomic mass is 10.2. The van der Waals surface area contributed by atoms with Crippen molar-refractivity contribution in [3.8, 4) is 5.69 Å². The SMILES string of the molecule is COCCNS(=O)(=O)c1ccc(CNc2ncnc(N(C)Cc3ccc(-n4cccn4)cc3)c2F)cc1. The second-order valence-corrected chi connectivity index (χ2v) is 9.99. The van der Waals surface area contributed by atoms with Gasteiger partial charge in [0.2, 0.25) is 15.8 Å². The third kappa shape index (κ3) is 6.67. The monoisotopic (exact) mass is 525 g/mol. The van der Waals surface area contributed by atoms with Gasteiger partial charge in [0.15, 0.2) is 11.6 Å². The van der Waals surface area contributed by atoms with Crippen LogP contribution in [0.1, 0.15) is 11.1 Å².